The standard InChI is InChI=1S/C17H23N5OS/c1-13-3-2-6-19-15(13)11-21-7-9-22(10-8-21)16(23)5-4-14-12-24-17(18)20-14/h2-3,6,12H,4-5,7-11H2,1H3,(H2,18,20). The van der Waals surface area contributed by atoms with Gasteiger partial charge in [-0.25, -0.2) is 4.98 Å². The van der Waals surface area contributed by atoms with Gasteiger partial charge < -0.3 is 10.6 Å². The third-order valence-corrected chi connectivity index (χ3v) is 5.10. The van der Waals surface area contributed by atoms with E-state index >= 15 is 0 Å². The molecular weight excluding hydrogens is 322 g/mol. The van der Waals surface area contributed by atoms with Crippen LogP contribution in [0.4, 0.5) is 5.13 Å². The minimum Gasteiger partial charge on any atom is -0.375 e. The zero-order chi connectivity index (χ0) is 16.9. The fourth-order valence-electron chi connectivity index (χ4n) is 2.88. The number of rotatable bonds is 5. The number of nitrogens with zero attached hydrogens (tertiary/aromatic N) is 4. The summed E-state index contributed by atoms with van der Waals surface area (Å²) >= 11 is 1.42. The van der Waals surface area contributed by atoms with Crippen LogP contribution in [-0.4, -0.2) is 51.9 Å². The van der Waals surface area contributed by atoms with Gasteiger partial charge in [-0.05, 0) is 25.0 Å². The molecule has 0 aromatic carbocycles. The van der Waals surface area contributed by atoms with Crippen LogP contribution in [0.25, 0.3) is 0 Å². The van der Waals surface area contributed by atoms with E-state index < -0.39 is 0 Å². The molecule has 1 aliphatic rings. The van der Waals surface area contributed by atoms with Gasteiger partial charge in [0.15, 0.2) is 5.13 Å². The summed E-state index contributed by atoms with van der Waals surface area (Å²) in [4.78, 5) is 25.3. The van der Waals surface area contributed by atoms with E-state index in [0.29, 0.717) is 18.0 Å². The number of nitrogen functional groups attached to an aromatic ring is 1. The van der Waals surface area contributed by atoms with Crippen LogP contribution in [0.2, 0.25) is 0 Å². The quantitative estimate of drug-likeness (QED) is 0.893. The van der Waals surface area contributed by atoms with Gasteiger partial charge in [0.1, 0.15) is 0 Å². The summed E-state index contributed by atoms with van der Waals surface area (Å²) in [5, 5.41) is 2.49. The Labute approximate surface area is 146 Å². The summed E-state index contributed by atoms with van der Waals surface area (Å²) in [5.41, 5.74) is 8.87. The minimum absolute atomic E-state index is 0.204. The van der Waals surface area contributed by atoms with Crippen molar-refractivity contribution in [2.75, 3.05) is 31.9 Å². The van der Waals surface area contributed by atoms with Crippen molar-refractivity contribution < 1.29 is 4.79 Å². The molecule has 1 amide bonds. The number of aryl methyl sites for hydroxylation is 2. The molecule has 0 bridgehead atoms. The molecule has 0 aliphatic carbocycles. The van der Waals surface area contributed by atoms with Crippen LogP contribution in [0.15, 0.2) is 23.7 Å². The van der Waals surface area contributed by atoms with Crippen molar-refractivity contribution in [1.82, 2.24) is 19.8 Å². The Kier molecular flexibility index (Phi) is 5.42. The van der Waals surface area contributed by atoms with Crippen LogP contribution in [0.1, 0.15) is 23.4 Å². The van der Waals surface area contributed by atoms with Crippen molar-refractivity contribution in [1.29, 1.82) is 0 Å². The number of nitrogens with two attached hydrogens (primary N) is 1. The smallest absolute Gasteiger partial charge is 0.223 e. The van der Waals surface area contributed by atoms with E-state index in [4.69, 9.17) is 5.73 Å². The average Bonchev–Trinajstić information content (AvgIpc) is 3.01. The van der Waals surface area contributed by atoms with E-state index in [0.717, 1.165) is 44.1 Å². The minimum atomic E-state index is 0.204. The molecule has 7 heteroatoms. The first-order valence-corrected chi connectivity index (χ1v) is 9.10. The fourth-order valence-corrected chi connectivity index (χ4v) is 3.48. The molecule has 1 saturated heterocycles. The number of pyridine rings is 1. The highest BCUT2D eigenvalue weighted by Gasteiger charge is 2.21. The Balaban J connectivity index is 1.44. The molecule has 128 valence electrons. The molecule has 1 aliphatic heterocycles. The molecule has 0 spiro atoms. The van der Waals surface area contributed by atoms with E-state index in [1.54, 1.807) is 0 Å². The van der Waals surface area contributed by atoms with Gasteiger partial charge in [0.05, 0.1) is 11.4 Å². The predicted octanol–water partition coefficient (Wildman–Crippen LogP) is 1.71. The molecule has 6 nitrogen and oxygen atoms in total. The summed E-state index contributed by atoms with van der Waals surface area (Å²) in [6.07, 6.45) is 3.01. The first-order valence-electron chi connectivity index (χ1n) is 8.22. The van der Waals surface area contributed by atoms with Gasteiger partial charge in [-0.2, -0.15) is 0 Å². The molecule has 0 saturated carbocycles. The summed E-state index contributed by atoms with van der Waals surface area (Å²) in [5.74, 6) is 0.204. The van der Waals surface area contributed by atoms with Crippen LogP contribution in [-0.2, 0) is 17.8 Å². The summed E-state index contributed by atoms with van der Waals surface area (Å²) in [6, 6.07) is 4.05. The van der Waals surface area contributed by atoms with Crippen molar-refractivity contribution in [3.8, 4) is 0 Å². The third kappa shape index (κ3) is 4.30. The summed E-state index contributed by atoms with van der Waals surface area (Å²) in [7, 11) is 0. The number of carbonyl (C=O) groups is 1. The number of thiazole rings is 1. The lowest BCUT2D eigenvalue weighted by Crippen LogP contribution is -2.48. The zero-order valence-electron chi connectivity index (χ0n) is 13.9. The second-order valence-corrected chi connectivity index (χ2v) is 6.99. The molecule has 2 aromatic heterocycles. The largest absolute Gasteiger partial charge is 0.375 e. The van der Waals surface area contributed by atoms with Crippen LogP contribution in [0.5, 0.6) is 0 Å². The maximum atomic E-state index is 12.3. The SMILES string of the molecule is Cc1cccnc1CN1CCN(C(=O)CCc2csc(N)n2)CC1. The van der Waals surface area contributed by atoms with E-state index in [2.05, 4.69) is 27.9 Å². The Morgan fingerprint density at radius 1 is 1.33 bits per heavy atom. The Morgan fingerprint density at radius 3 is 2.79 bits per heavy atom. The van der Waals surface area contributed by atoms with Crippen molar-refractivity contribution in [3.63, 3.8) is 0 Å². The zero-order valence-corrected chi connectivity index (χ0v) is 14.8. The highest BCUT2D eigenvalue weighted by atomic mass is 32.1. The highest BCUT2D eigenvalue weighted by Crippen LogP contribution is 2.14. The Hall–Kier alpha value is -1.99. The lowest BCUT2D eigenvalue weighted by molar-refractivity contribution is -0.133. The summed E-state index contributed by atoms with van der Waals surface area (Å²) in [6.45, 7) is 6.30. The number of anilines is 1. The monoisotopic (exact) mass is 345 g/mol. The van der Waals surface area contributed by atoms with Crippen molar-refractivity contribution in [2.45, 2.75) is 26.3 Å². The number of aromatic nitrogens is 2. The van der Waals surface area contributed by atoms with Crippen LogP contribution in [0.3, 0.4) is 0 Å². The molecule has 1 fully saturated rings. The molecular formula is C17H23N5OS. The second kappa shape index (κ2) is 7.72. The van der Waals surface area contributed by atoms with E-state index in [-0.39, 0.29) is 5.91 Å². The maximum Gasteiger partial charge on any atom is 0.223 e. The average molecular weight is 345 g/mol. The van der Waals surface area contributed by atoms with Gasteiger partial charge in [-0.15, -0.1) is 11.3 Å². The van der Waals surface area contributed by atoms with E-state index in [9.17, 15) is 4.79 Å². The molecule has 0 atom stereocenters. The van der Waals surface area contributed by atoms with Crippen LogP contribution >= 0.6 is 11.3 Å². The molecule has 0 radical (unpaired) electrons. The Morgan fingerprint density at radius 2 is 2.12 bits per heavy atom. The van der Waals surface area contributed by atoms with Crippen molar-refractivity contribution in [2.24, 2.45) is 0 Å². The van der Waals surface area contributed by atoms with Crippen molar-refractivity contribution in [3.05, 3.63) is 40.7 Å². The summed E-state index contributed by atoms with van der Waals surface area (Å²) < 4.78 is 0. The van der Waals surface area contributed by atoms with Crippen LogP contribution in [0, 0.1) is 6.92 Å². The number of hydrogen-bond donors (Lipinski definition) is 1. The number of piperazine rings is 1. The molecule has 2 N–H and O–H groups in total. The lowest BCUT2D eigenvalue weighted by Gasteiger charge is -2.34. The highest BCUT2D eigenvalue weighted by molar-refractivity contribution is 7.13. The lowest BCUT2D eigenvalue weighted by atomic mass is 10.2. The van der Waals surface area contributed by atoms with E-state index in [1.807, 2.05) is 22.5 Å². The molecule has 0 unspecified atom stereocenters. The first-order chi connectivity index (χ1) is 11.6. The van der Waals surface area contributed by atoms with Gasteiger partial charge in [-0.3, -0.25) is 14.7 Å². The fraction of sp³-hybridized carbons (Fsp3) is 0.471. The Bertz CT molecular complexity index is 694. The molecule has 3 rings (SSSR count). The molecule has 24 heavy (non-hydrogen) atoms. The van der Waals surface area contributed by atoms with Gasteiger partial charge >= 0.3 is 0 Å². The number of hydrogen-bond acceptors (Lipinski definition) is 6. The normalized spacial score (nSPS) is 15.6. The van der Waals surface area contributed by atoms with Gasteiger partial charge in [-0.1, -0.05) is 6.07 Å². The molecule has 3 heterocycles. The van der Waals surface area contributed by atoms with Gasteiger partial charge in [0, 0.05) is 50.7 Å². The van der Waals surface area contributed by atoms with Crippen molar-refractivity contribution >= 4 is 22.4 Å². The number of carbonyl (C=O) groups excluding carboxylic acids is 1. The van der Waals surface area contributed by atoms with E-state index in [1.165, 1.54) is 16.9 Å². The maximum absolute atomic E-state index is 12.3. The van der Waals surface area contributed by atoms with Gasteiger partial charge in [0.25, 0.3) is 0 Å². The first kappa shape index (κ1) is 16.9. The third-order valence-electron chi connectivity index (χ3n) is 4.38. The predicted molar refractivity (Wildman–Crippen MR) is 95.7 cm³/mol. The second-order valence-electron chi connectivity index (χ2n) is 6.10. The van der Waals surface area contributed by atoms with Crippen LogP contribution < -0.4 is 5.73 Å². The number of amides is 1. The molecule has 2 aromatic rings. The van der Waals surface area contributed by atoms with Gasteiger partial charge in [0.2, 0.25) is 5.91 Å². The topological polar surface area (TPSA) is 75.4 Å².